The first-order valence-electron chi connectivity index (χ1n) is 10.3. The summed E-state index contributed by atoms with van der Waals surface area (Å²) in [4.78, 5) is 12.8. The second kappa shape index (κ2) is 11.7. The number of carbonyl (C=O) groups excluding carboxylic acids is 1. The van der Waals surface area contributed by atoms with Crippen molar-refractivity contribution in [2.45, 2.75) is 104 Å². The van der Waals surface area contributed by atoms with Gasteiger partial charge in [-0.25, -0.2) is 0 Å². The quantitative estimate of drug-likeness (QED) is 0.237. The monoisotopic (exact) mass is 443 g/mol. The topological polar surface area (TPSA) is 26.3 Å². The van der Waals surface area contributed by atoms with Crippen LogP contribution in [0.5, 0.6) is 0 Å². The number of ketones is 1. The van der Waals surface area contributed by atoms with Crippen LogP contribution >= 0.6 is 0 Å². The van der Waals surface area contributed by atoms with E-state index in [0.717, 1.165) is 19.3 Å². The molecule has 2 nitrogen and oxygen atoms in total. The molecule has 1 unspecified atom stereocenters. The second-order valence-corrected chi connectivity index (χ2v) is 19.2. The van der Waals surface area contributed by atoms with Crippen molar-refractivity contribution in [3.8, 4) is 0 Å². The van der Waals surface area contributed by atoms with Crippen LogP contribution in [0.3, 0.4) is 0 Å². The molecule has 1 aliphatic rings. The molecule has 0 spiro atoms. The molecule has 0 aromatic heterocycles. The molecule has 0 bridgehead atoms. The SMILES string of the molecule is C=CCC1([O][Sn]([CH2]CCC)([CH2]CCC)[CH2]CCC)CCC[CH]C1=O. The molecule has 24 heavy (non-hydrogen) atoms. The Bertz CT molecular complexity index is 358. The fourth-order valence-electron chi connectivity index (χ4n) is 3.95. The van der Waals surface area contributed by atoms with E-state index in [0.29, 0.717) is 6.42 Å². The Morgan fingerprint density at radius 3 is 2.08 bits per heavy atom. The van der Waals surface area contributed by atoms with E-state index in [2.05, 4.69) is 27.4 Å². The van der Waals surface area contributed by atoms with Crippen molar-refractivity contribution < 1.29 is 7.87 Å². The summed E-state index contributed by atoms with van der Waals surface area (Å²) in [6.07, 6.45) is 14.9. The minimum atomic E-state index is -2.78. The van der Waals surface area contributed by atoms with Crippen molar-refractivity contribution in [3.05, 3.63) is 19.1 Å². The van der Waals surface area contributed by atoms with Gasteiger partial charge in [-0.1, -0.05) is 0 Å². The van der Waals surface area contributed by atoms with Gasteiger partial charge in [0.1, 0.15) is 0 Å². The molecule has 1 radical (unpaired) electrons. The normalized spacial score (nSPS) is 21.9. The van der Waals surface area contributed by atoms with Crippen molar-refractivity contribution in [1.29, 1.82) is 0 Å². The maximum atomic E-state index is 12.8. The van der Waals surface area contributed by atoms with Crippen molar-refractivity contribution in [1.82, 2.24) is 0 Å². The average molecular weight is 442 g/mol. The van der Waals surface area contributed by atoms with E-state index < -0.39 is 24.4 Å². The standard InChI is InChI=1S/C9H12O2.3C4H9.Sn/c1-2-6-9(11)7-4-3-5-8(9)10;3*1-3-4-2;/h2,5H,1,3-4,6-7H2;3*1,3-4H2,2H3;/q-1;;;;+1. The van der Waals surface area contributed by atoms with Crippen LogP contribution in [0.2, 0.25) is 13.3 Å². The number of hydrogen-bond donors (Lipinski definition) is 0. The Morgan fingerprint density at radius 1 is 1.12 bits per heavy atom. The van der Waals surface area contributed by atoms with Gasteiger partial charge in [-0.05, 0) is 0 Å². The Labute approximate surface area is 155 Å². The minimum absolute atomic E-state index is 0.249. The van der Waals surface area contributed by atoms with Crippen molar-refractivity contribution in [2.75, 3.05) is 0 Å². The predicted molar refractivity (Wildman–Crippen MR) is 107 cm³/mol. The fourth-order valence-corrected chi connectivity index (χ4v) is 18.7. The summed E-state index contributed by atoms with van der Waals surface area (Å²) in [7, 11) is 0. The molecule has 1 saturated carbocycles. The van der Waals surface area contributed by atoms with Gasteiger partial charge in [-0.3, -0.25) is 0 Å². The summed E-state index contributed by atoms with van der Waals surface area (Å²) in [6, 6.07) is 0. The molecule has 1 atom stereocenters. The van der Waals surface area contributed by atoms with Gasteiger partial charge in [-0.15, -0.1) is 0 Å². The van der Waals surface area contributed by atoms with Gasteiger partial charge < -0.3 is 0 Å². The van der Waals surface area contributed by atoms with E-state index in [1.54, 1.807) is 0 Å². The van der Waals surface area contributed by atoms with E-state index in [1.165, 1.54) is 51.8 Å². The predicted octanol–water partition coefficient (Wildman–Crippen LogP) is 6.62. The summed E-state index contributed by atoms with van der Waals surface area (Å²) in [5, 5.41) is 0. The summed E-state index contributed by atoms with van der Waals surface area (Å²) in [5.74, 6) is 0.249. The molecule has 1 aliphatic carbocycles. The van der Waals surface area contributed by atoms with Crippen molar-refractivity contribution in [2.24, 2.45) is 0 Å². The van der Waals surface area contributed by atoms with E-state index in [4.69, 9.17) is 3.07 Å². The number of hydrogen-bond acceptors (Lipinski definition) is 2. The first-order valence-corrected chi connectivity index (χ1v) is 17.5. The molecule has 0 amide bonds. The molecule has 0 N–H and O–H groups in total. The zero-order chi connectivity index (χ0) is 17.9. The van der Waals surface area contributed by atoms with Gasteiger partial charge >= 0.3 is 155 Å². The van der Waals surface area contributed by atoms with Crippen LogP contribution < -0.4 is 0 Å². The number of unbranched alkanes of at least 4 members (excludes halogenated alkanes) is 3. The maximum absolute atomic E-state index is 12.8. The van der Waals surface area contributed by atoms with Crippen LogP contribution in [0.15, 0.2) is 12.7 Å². The summed E-state index contributed by atoms with van der Waals surface area (Å²) in [5.41, 5.74) is -0.550. The molecule has 0 aromatic carbocycles. The van der Waals surface area contributed by atoms with Crippen molar-refractivity contribution >= 4 is 24.6 Å². The van der Waals surface area contributed by atoms with Crippen LogP contribution in [0, 0.1) is 6.42 Å². The third-order valence-corrected chi connectivity index (χ3v) is 18.6. The van der Waals surface area contributed by atoms with Gasteiger partial charge in [0.25, 0.3) is 0 Å². The van der Waals surface area contributed by atoms with Crippen LogP contribution in [0.4, 0.5) is 0 Å². The first-order chi connectivity index (χ1) is 11.6. The van der Waals surface area contributed by atoms with E-state index in [1.807, 2.05) is 12.5 Å². The van der Waals surface area contributed by atoms with Crippen LogP contribution in [0.25, 0.3) is 0 Å². The van der Waals surface area contributed by atoms with Crippen LogP contribution in [0.1, 0.15) is 85.0 Å². The summed E-state index contributed by atoms with van der Waals surface area (Å²) in [6.45, 7) is 10.7. The van der Waals surface area contributed by atoms with Gasteiger partial charge in [-0.2, -0.15) is 0 Å². The first kappa shape index (κ1) is 22.2. The number of Topliss-reactive ketones (excluding diaryl/α,β-unsaturated/α-hetero) is 1. The van der Waals surface area contributed by atoms with Gasteiger partial charge in [0, 0.05) is 0 Å². The third kappa shape index (κ3) is 6.48. The number of carbonyl (C=O) groups is 1. The molecule has 139 valence electrons. The molecule has 0 aromatic rings. The van der Waals surface area contributed by atoms with Crippen molar-refractivity contribution in [3.63, 3.8) is 0 Å². The summed E-state index contributed by atoms with van der Waals surface area (Å²) < 4.78 is 11.0. The average Bonchev–Trinajstić information content (AvgIpc) is 2.59. The molecule has 0 heterocycles. The van der Waals surface area contributed by atoms with E-state index in [9.17, 15) is 4.79 Å². The molecule has 1 rings (SSSR count). The Hall–Kier alpha value is 0.169. The van der Waals surface area contributed by atoms with Gasteiger partial charge in [0.15, 0.2) is 0 Å². The zero-order valence-corrected chi connectivity index (χ0v) is 19.2. The molecule has 3 heteroatoms. The zero-order valence-electron chi connectivity index (χ0n) is 16.4. The van der Waals surface area contributed by atoms with Crippen LogP contribution in [-0.4, -0.2) is 30.2 Å². The van der Waals surface area contributed by atoms with Gasteiger partial charge in [0.05, 0.1) is 0 Å². The van der Waals surface area contributed by atoms with E-state index in [-0.39, 0.29) is 5.78 Å². The number of rotatable bonds is 13. The molecule has 0 saturated heterocycles. The Kier molecular flexibility index (Phi) is 10.8. The Balaban J connectivity index is 3.06. The molecular weight excluding hydrogens is 403 g/mol. The summed E-state index contributed by atoms with van der Waals surface area (Å²) >= 11 is -2.78. The fraction of sp³-hybridized carbons (Fsp3) is 0.810. The Morgan fingerprint density at radius 2 is 1.67 bits per heavy atom. The molecule has 0 aliphatic heterocycles. The van der Waals surface area contributed by atoms with E-state index >= 15 is 0 Å². The van der Waals surface area contributed by atoms with Gasteiger partial charge in [0.2, 0.25) is 0 Å². The third-order valence-electron chi connectivity index (χ3n) is 5.41. The molecular formula is C21H39O2Sn. The van der Waals surface area contributed by atoms with Crippen LogP contribution in [-0.2, 0) is 7.87 Å². The second-order valence-electron chi connectivity index (χ2n) is 7.54. The molecule has 1 fully saturated rings.